The molecule has 0 radical (unpaired) electrons. The van der Waals surface area contributed by atoms with Crippen LogP contribution in [0.4, 0.5) is 4.39 Å². The van der Waals surface area contributed by atoms with Crippen molar-refractivity contribution in [1.82, 2.24) is 10.2 Å². The number of nitrogens with one attached hydrogen (secondary N) is 1. The summed E-state index contributed by atoms with van der Waals surface area (Å²) in [5.41, 5.74) is 6.74. The quantitative estimate of drug-likeness (QED) is 0.414. The first-order valence-corrected chi connectivity index (χ1v) is 7.58. The Labute approximate surface area is 132 Å². The molecule has 0 aliphatic rings. The molecule has 1 unspecified atom stereocenters. The summed E-state index contributed by atoms with van der Waals surface area (Å²) in [6.07, 6.45) is 0.880. The summed E-state index contributed by atoms with van der Waals surface area (Å²) in [4.78, 5) is 6.35. The number of nitrogens with zero attached hydrogens (tertiary/aromatic N) is 2. The fourth-order valence-electron chi connectivity index (χ4n) is 2.06. The van der Waals surface area contributed by atoms with E-state index in [4.69, 9.17) is 10.5 Å². The molecule has 0 amide bonds. The van der Waals surface area contributed by atoms with Crippen molar-refractivity contribution in [1.29, 1.82) is 0 Å². The van der Waals surface area contributed by atoms with Gasteiger partial charge in [-0.2, -0.15) is 0 Å². The van der Waals surface area contributed by atoms with Gasteiger partial charge in [-0.1, -0.05) is 12.1 Å². The molecule has 1 aromatic rings. The SMILES string of the molecule is CCOCCCNC(N)=NCC(c1cccc(F)c1)N(C)C. The molecule has 0 aliphatic heterocycles. The van der Waals surface area contributed by atoms with Crippen molar-refractivity contribution in [2.45, 2.75) is 19.4 Å². The highest BCUT2D eigenvalue weighted by atomic mass is 19.1. The smallest absolute Gasteiger partial charge is 0.188 e. The molecule has 0 aromatic heterocycles. The van der Waals surface area contributed by atoms with Gasteiger partial charge in [0.15, 0.2) is 5.96 Å². The van der Waals surface area contributed by atoms with Crippen molar-refractivity contribution in [2.75, 3.05) is 40.4 Å². The Balaban J connectivity index is 2.51. The zero-order chi connectivity index (χ0) is 16.4. The molecule has 0 heterocycles. The maximum Gasteiger partial charge on any atom is 0.188 e. The van der Waals surface area contributed by atoms with Crippen LogP contribution in [-0.2, 0) is 4.74 Å². The van der Waals surface area contributed by atoms with Crippen molar-refractivity contribution in [3.05, 3.63) is 35.6 Å². The van der Waals surface area contributed by atoms with E-state index >= 15 is 0 Å². The average molecular weight is 310 g/mol. The van der Waals surface area contributed by atoms with Crippen LogP contribution in [0.3, 0.4) is 0 Å². The monoisotopic (exact) mass is 310 g/mol. The lowest BCUT2D eigenvalue weighted by molar-refractivity contribution is 0.145. The Morgan fingerprint density at radius 2 is 2.23 bits per heavy atom. The number of likely N-dealkylation sites (N-methyl/N-ethyl adjacent to an activating group) is 1. The second-order valence-corrected chi connectivity index (χ2v) is 5.24. The number of hydrogen-bond acceptors (Lipinski definition) is 3. The second kappa shape index (κ2) is 10.1. The van der Waals surface area contributed by atoms with E-state index in [1.165, 1.54) is 12.1 Å². The minimum Gasteiger partial charge on any atom is -0.382 e. The van der Waals surface area contributed by atoms with E-state index in [1.807, 2.05) is 32.0 Å². The molecule has 1 atom stereocenters. The Morgan fingerprint density at radius 1 is 1.45 bits per heavy atom. The predicted molar refractivity (Wildman–Crippen MR) is 88.4 cm³/mol. The van der Waals surface area contributed by atoms with Crippen LogP contribution in [0.2, 0.25) is 0 Å². The summed E-state index contributed by atoms with van der Waals surface area (Å²) in [5.74, 6) is 0.162. The maximum absolute atomic E-state index is 13.4. The van der Waals surface area contributed by atoms with Crippen LogP contribution in [0.25, 0.3) is 0 Å². The summed E-state index contributed by atoms with van der Waals surface area (Å²) >= 11 is 0. The number of hydrogen-bond donors (Lipinski definition) is 2. The number of aliphatic imine (C=N–C) groups is 1. The standard InChI is InChI=1S/C16H27FN4O/c1-4-22-10-6-9-19-16(18)20-12-15(21(2)3)13-7-5-8-14(17)11-13/h5,7-8,11,15H,4,6,9-10,12H2,1-3H3,(H3,18,19,20). The lowest BCUT2D eigenvalue weighted by Gasteiger charge is -2.23. The minimum atomic E-state index is -0.240. The van der Waals surface area contributed by atoms with Crippen LogP contribution in [0, 0.1) is 5.82 Å². The molecule has 0 fully saturated rings. The molecule has 0 spiro atoms. The van der Waals surface area contributed by atoms with Gasteiger partial charge in [-0.15, -0.1) is 0 Å². The number of guanidine groups is 1. The highest BCUT2D eigenvalue weighted by Crippen LogP contribution is 2.19. The third kappa shape index (κ3) is 6.87. The third-order valence-corrected chi connectivity index (χ3v) is 3.27. The van der Waals surface area contributed by atoms with E-state index in [0.717, 1.165) is 25.1 Å². The van der Waals surface area contributed by atoms with E-state index in [9.17, 15) is 4.39 Å². The van der Waals surface area contributed by atoms with Crippen LogP contribution in [0.5, 0.6) is 0 Å². The summed E-state index contributed by atoms with van der Waals surface area (Å²) in [7, 11) is 3.88. The zero-order valence-electron chi connectivity index (χ0n) is 13.7. The molecule has 0 aliphatic carbocycles. The van der Waals surface area contributed by atoms with E-state index in [0.29, 0.717) is 19.1 Å². The Hall–Kier alpha value is -1.66. The molecule has 22 heavy (non-hydrogen) atoms. The Bertz CT molecular complexity index is 465. The first kappa shape index (κ1) is 18.4. The van der Waals surface area contributed by atoms with Gasteiger partial charge in [0.25, 0.3) is 0 Å². The van der Waals surface area contributed by atoms with Gasteiger partial charge in [0, 0.05) is 19.8 Å². The first-order chi connectivity index (χ1) is 10.5. The molecular weight excluding hydrogens is 283 g/mol. The molecule has 5 nitrogen and oxygen atoms in total. The van der Waals surface area contributed by atoms with Gasteiger partial charge < -0.3 is 20.7 Å². The molecule has 0 saturated heterocycles. The van der Waals surface area contributed by atoms with Crippen molar-refractivity contribution in [2.24, 2.45) is 10.7 Å². The Kier molecular flexibility index (Phi) is 8.47. The summed E-state index contributed by atoms with van der Waals surface area (Å²) < 4.78 is 18.6. The van der Waals surface area contributed by atoms with Crippen molar-refractivity contribution in [3.8, 4) is 0 Å². The lowest BCUT2D eigenvalue weighted by Crippen LogP contribution is -2.34. The van der Waals surface area contributed by atoms with Gasteiger partial charge in [0.05, 0.1) is 12.6 Å². The number of halogens is 1. The predicted octanol–water partition coefficient (Wildman–Crippen LogP) is 1.76. The van der Waals surface area contributed by atoms with E-state index in [-0.39, 0.29) is 11.9 Å². The molecule has 124 valence electrons. The van der Waals surface area contributed by atoms with Crippen LogP contribution in [-0.4, -0.2) is 51.3 Å². The van der Waals surface area contributed by atoms with Crippen LogP contribution >= 0.6 is 0 Å². The fourth-order valence-corrected chi connectivity index (χ4v) is 2.06. The highest BCUT2D eigenvalue weighted by Gasteiger charge is 2.14. The highest BCUT2D eigenvalue weighted by molar-refractivity contribution is 5.77. The van der Waals surface area contributed by atoms with Crippen molar-refractivity contribution >= 4 is 5.96 Å². The molecule has 0 bridgehead atoms. The molecular formula is C16H27FN4O. The lowest BCUT2D eigenvalue weighted by atomic mass is 10.1. The molecule has 0 saturated carbocycles. The topological polar surface area (TPSA) is 62.9 Å². The number of benzene rings is 1. The van der Waals surface area contributed by atoms with E-state index in [2.05, 4.69) is 10.3 Å². The van der Waals surface area contributed by atoms with Gasteiger partial charge in [0.1, 0.15) is 5.82 Å². The number of nitrogens with two attached hydrogens (primary N) is 1. The molecule has 3 N–H and O–H groups in total. The third-order valence-electron chi connectivity index (χ3n) is 3.27. The largest absolute Gasteiger partial charge is 0.382 e. The van der Waals surface area contributed by atoms with Gasteiger partial charge >= 0.3 is 0 Å². The van der Waals surface area contributed by atoms with E-state index in [1.54, 1.807) is 6.07 Å². The normalized spacial score (nSPS) is 13.4. The zero-order valence-corrected chi connectivity index (χ0v) is 13.7. The molecule has 1 aromatic carbocycles. The molecule has 6 heteroatoms. The Morgan fingerprint density at radius 3 is 2.86 bits per heavy atom. The van der Waals surface area contributed by atoms with Gasteiger partial charge in [-0.05, 0) is 45.1 Å². The van der Waals surface area contributed by atoms with Crippen LogP contribution < -0.4 is 11.1 Å². The van der Waals surface area contributed by atoms with Gasteiger partial charge in [-0.25, -0.2) is 4.39 Å². The second-order valence-electron chi connectivity index (χ2n) is 5.24. The van der Waals surface area contributed by atoms with Crippen molar-refractivity contribution in [3.63, 3.8) is 0 Å². The summed E-state index contributed by atoms with van der Waals surface area (Å²) in [6.45, 7) is 4.60. The maximum atomic E-state index is 13.4. The van der Waals surface area contributed by atoms with Crippen molar-refractivity contribution < 1.29 is 9.13 Å². The first-order valence-electron chi connectivity index (χ1n) is 7.58. The van der Waals surface area contributed by atoms with Gasteiger partial charge in [-0.3, -0.25) is 4.99 Å². The number of rotatable bonds is 9. The summed E-state index contributed by atoms with van der Waals surface area (Å²) in [6, 6.07) is 6.56. The summed E-state index contributed by atoms with van der Waals surface area (Å²) in [5, 5.41) is 3.05. The van der Waals surface area contributed by atoms with Gasteiger partial charge in [0.2, 0.25) is 0 Å². The minimum absolute atomic E-state index is 0.0144. The van der Waals surface area contributed by atoms with Crippen LogP contribution in [0.15, 0.2) is 29.3 Å². The van der Waals surface area contributed by atoms with E-state index < -0.39 is 0 Å². The van der Waals surface area contributed by atoms with Crippen LogP contribution in [0.1, 0.15) is 24.9 Å². The number of ether oxygens (including phenoxy) is 1. The fraction of sp³-hybridized carbons (Fsp3) is 0.562. The molecule has 1 rings (SSSR count). The average Bonchev–Trinajstić information content (AvgIpc) is 2.47.